The molecule has 1 amide bonds. The molecular formula is C17H16ClF2NO3. The Bertz CT molecular complexity index is 725. The van der Waals surface area contributed by atoms with Crippen LogP contribution in [0.15, 0.2) is 42.5 Å². The molecule has 0 saturated heterocycles. The molecule has 1 N–H and O–H groups in total. The van der Waals surface area contributed by atoms with Crippen LogP contribution in [0.1, 0.15) is 28.9 Å². The van der Waals surface area contributed by atoms with Crippen LogP contribution in [-0.2, 0) is 0 Å². The molecule has 0 unspecified atom stereocenters. The number of carbonyl (C=O) groups excluding carboxylic acids is 1. The van der Waals surface area contributed by atoms with Gasteiger partial charge in [-0.3, -0.25) is 4.79 Å². The molecule has 0 spiro atoms. The fourth-order valence-corrected chi connectivity index (χ4v) is 2.34. The molecule has 2 rings (SSSR count). The standard InChI is InChI=1S/C17H16ClF2NO3/c1-10(11-4-3-5-13(18)8-11)21-16(22)12-6-7-14(24-17(19)20)15(9-12)23-2/h3-10,17H,1-2H3,(H,21,22)/t10-/m1/s1. The molecule has 7 heteroatoms. The molecule has 2 aromatic rings. The van der Waals surface area contributed by atoms with E-state index < -0.39 is 6.61 Å². The number of hydrogen-bond acceptors (Lipinski definition) is 3. The average Bonchev–Trinajstić information content (AvgIpc) is 2.54. The van der Waals surface area contributed by atoms with Gasteiger partial charge < -0.3 is 14.8 Å². The predicted octanol–water partition coefficient (Wildman–Crippen LogP) is 4.44. The van der Waals surface area contributed by atoms with Crippen LogP contribution in [0.3, 0.4) is 0 Å². The van der Waals surface area contributed by atoms with E-state index in [2.05, 4.69) is 10.1 Å². The van der Waals surface area contributed by atoms with Crippen LogP contribution in [0, 0.1) is 0 Å². The van der Waals surface area contributed by atoms with Gasteiger partial charge in [-0.1, -0.05) is 23.7 Å². The number of methoxy groups -OCH3 is 1. The van der Waals surface area contributed by atoms with Crippen LogP contribution in [0.25, 0.3) is 0 Å². The Hall–Kier alpha value is -2.34. The minimum atomic E-state index is -2.97. The maximum atomic E-state index is 12.3. The molecule has 0 aliphatic rings. The van der Waals surface area contributed by atoms with Crippen molar-refractivity contribution in [2.75, 3.05) is 7.11 Å². The van der Waals surface area contributed by atoms with Crippen molar-refractivity contribution in [2.45, 2.75) is 19.6 Å². The second-order valence-corrected chi connectivity index (χ2v) is 5.43. The quantitative estimate of drug-likeness (QED) is 0.833. The summed E-state index contributed by atoms with van der Waals surface area (Å²) in [7, 11) is 1.31. The summed E-state index contributed by atoms with van der Waals surface area (Å²) in [5, 5.41) is 3.38. The van der Waals surface area contributed by atoms with Gasteiger partial charge >= 0.3 is 6.61 Å². The lowest BCUT2D eigenvalue weighted by atomic mass is 10.1. The molecule has 0 saturated carbocycles. The Balaban J connectivity index is 2.14. The number of carbonyl (C=O) groups is 1. The molecule has 24 heavy (non-hydrogen) atoms. The Morgan fingerprint density at radius 3 is 2.54 bits per heavy atom. The molecule has 0 bridgehead atoms. The minimum absolute atomic E-state index is 0.0540. The second-order valence-electron chi connectivity index (χ2n) is 4.99. The molecule has 0 aliphatic carbocycles. The van der Waals surface area contributed by atoms with Crippen LogP contribution in [0.2, 0.25) is 5.02 Å². The highest BCUT2D eigenvalue weighted by Crippen LogP contribution is 2.29. The van der Waals surface area contributed by atoms with Gasteiger partial charge in [-0.15, -0.1) is 0 Å². The molecule has 0 aliphatic heterocycles. The van der Waals surface area contributed by atoms with Crippen LogP contribution in [0.4, 0.5) is 8.78 Å². The zero-order chi connectivity index (χ0) is 17.7. The van der Waals surface area contributed by atoms with E-state index in [0.717, 1.165) is 5.56 Å². The average molecular weight is 356 g/mol. The highest BCUT2D eigenvalue weighted by atomic mass is 35.5. The Morgan fingerprint density at radius 1 is 1.17 bits per heavy atom. The number of alkyl halides is 2. The zero-order valence-electron chi connectivity index (χ0n) is 13.1. The van der Waals surface area contributed by atoms with Crippen molar-refractivity contribution in [1.29, 1.82) is 0 Å². The highest BCUT2D eigenvalue weighted by Gasteiger charge is 2.16. The van der Waals surface area contributed by atoms with Crippen molar-refractivity contribution in [3.8, 4) is 11.5 Å². The van der Waals surface area contributed by atoms with Gasteiger partial charge in [0.2, 0.25) is 0 Å². The minimum Gasteiger partial charge on any atom is -0.493 e. The number of benzene rings is 2. The first kappa shape index (κ1) is 18.0. The third-order valence-corrected chi connectivity index (χ3v) is 3.57. The largest absolute Gasteiger partial charge is 0.493 e. The molecular weight excluding hydrogens is 340 g/mol. The van der Waals surface area contributed by atoms with Crippen molar-refractivity contribution in [3.63, 3.8) is 0 Å². The SMILES string of the molecule is COc1cc(C(=O)N[C@H](C)c2cccc(Cl)c2)ccc1OC(F)F. The number of rotatable bonds is 6. The van der Waals surface area contributed by atoms with Gasteiger partial charge in [0, 0.05) is 10.6 Å². The number of halogens is 3. The number of amides is 1. The number of nitrogens with one attached hydrogen (secondary N) is 1. The monoisotopic (exact) mass is 355 g/mol. The summed E-state index contributed by atoms with van der Waals surface area (Å²) >= 11 is 5.94. The first-order valence-electron chi connectivity index (χ1n) is 7.10. The van der Waals surface area contributed by atoms with E-state index >= 15 is 0 Å². The summed E-state index contributed by atoms with van der Waals surface area (Å²) in [4.78, 5) is 12.3. The Kier molecular flexibility index (Phi) is 5.98. The fraction of sp³-hybridized carbons (Fsp3) is 0.235. The maximum Gasteiger partial charge on any atom is 0.387 e. The molecule has 0 fully saturated rings. The van der Waals surface area contributed by atoms with E-state index in [1.165, 1.54) is 25.3 Å². The third-order valence-electron chi connectivity index (χ3n) is 3.34. The molecule has 0 heterocycles. The lowest BCUT2D eigenvalue weighted by Gasteiger charge is -2.16. The van der Waals surface area contributed by atoms with Crippen LogP contribution >= 0.6 is 11.6 Å². The summed E-state index contributed by atoms with van der Waals surface area (Å²) in [5.41, 5.74) is 1.11. The molecule has 1 atom stereocenters. The normalized spacial score (nSPS) is 11.9. The first-order valence-corrected chi connectivity index (χ1v) is 7.47. The second kappa shape index (κ2) is 7.97. The van der Waals surface area contributed by atoms with Gasteiger partial charge in [0.15, 0.2) is 11.5 Å². The van der Waals surface area contributed by atoms with Crippen LogP contribution in [-0.4, -0.2) is 19.6 Å². The van der Waals surface area contributed by atoms with E-state index in [9.17, 15) is 13.6 Å². The van der Waals surface area contributed by atoms with E-state index in [4.69, 9.17) is 16.3 Å². The topological polar surface area (TPSA) is 47.6 Å². The van der Waals surface area contributed by atoms with Crippen molar-refractivity contribution >= 4 is 17.5 Å². The van der Waals surface area contributed by atoms with E-state index in [1.807, 2.05) is 13.0 Å². The summed E-state index contributed by atoms with van der Waals surface area (Å²) in [6, 6.07) is 10.9. The molecule has 128 valence electrons. The lowest BCUT2D eigenvalue weighted by Crippen LogP contribution is -2.26. The van der Waals surface area contributed by atoms with E-state index in [-0.39, 0.29) is 29.0 Å². The fourth-order valence-electron chi connectivity index (χ4n) is 2.14. The first-order chi connectivity index (χ1) is 11.4. The van der Waals surface area contributed by atoms with Gasteiger partial charge in [0.1, 0.15) is 0 Å². The summed E-state index contributed by atoms with van der Waals surface area (Å²) < 4.78 is 34.0. The smallest absolute Gasteiger partial charge is 0.387 e. The van der Waals surface area contributed by atoms with Crippen molar-refractivity contribution in [1.82, 2.24) is 5.32 Å². The molecule has 0 aromatic heterocycles. The van der Waals surface area contributed by atoms with Crippen molar-refractivity contribution in [2.24, 2.45) is 0 Å². The lowest BCUT2D eigenvalue weighted by molar-refractivity contribution is -0.0512. The summed E-state index contributed by atoms with van der Waals surface area (Å²) in [6.45, 7) is -1.16. The molecule has 4 nitrogen and oxygen atoms in total. The van der Waals surface area contributed by atoms with Crippen molar-refractivity contribution in [3.05, 3.63) is 58.6 Å². The highest BCUT2D eigenvalue weighted by molar-refractivity contribution is 6.30. The number of ether oxygens (including phenoxy) is 2. The predicted molar refractivity (Wildman–Crippen MR) is 87.0 cm³/mol. The zero-order valence-corrected chi connectivity index (χ0v) is 13.8. The van der Waals surface area contributed by atoms with E-state index in [1.54, 1.807) is 18.2 Å². The van der Waals surface area contributed by atoms with E-state index in [0.29, 0.717) is 5.02 Å². The van der Waals surface area contributed by atoms with Gasteiger partial charge in [-0.25, -0.2) is 0 Å². The third kappa shape index (κ3) is 4.58. The van der Waals surface area contributed by atoms with Crippen LogP contribution in [0.5, 0.6) is 11.5 Å². The molecule has 2 aromatic carbocycles. The van der Waals surface area contributed by atoms with Gasteiger partial charge in [0.25, 0.3) is 5.91 Å². The van der Waals surface area contributed by atoms with Gasteiger partial charge in [0.05, 0.1) is 13.2 Å². The number of hydrogen-bond donors (Lipinski definition) is 1. The summed E-state index contributed by atoms with van der Waals surface area (Å²) in [5.74, 6) is -0.449. The summed E-state index contributed by atoms with van der Waals surface area (Å²) in [6.07, 6.45) is 0. The van der Waals surface area contributed by atoms with Gasteiger partial charge in [-0.05, 0) is 42.8 Å². The molecule has 0 radical (unpaired) electrons. The van der Waals surface area contributed by atoms with Crippen molar-refractivity contribution < 1.29 is 23.0 Å². The van der Waals surface area contributed by atoms with Gasteiger partial charge in [-0.2, -0.15) is 8.78 Å². The maximum absolute atomic E-state index is 12.3. The Labute approximate surface area is 143 Å². The van der Waals surface area contributed by atoms with Crippen LogP contribution < -0.4 is 14.8 Å². The Morgan fingerprint density at radius 2 is 1.92 bits per heavy atom.